The summed E-state index contributed by atoms with van der Waals surface area (Å²) in [6.07, 6.45) is -0.129. The van der Waals surface area contributed by atoms with Gasteiger partial charge in [-0.25, -0.2) is 9.69 Å². The number of anilines is 1. The molecule has 0 saturated carbocycles. The minimum atomic E-state index is -0.879. The quantitative estimate of drug-likeness (QED) is 0.534. The largest absolute Gasteiger partial charge is 0.497 e. The van der Waals surface area contributed by atoms with Crippen molar-refractivity contribution in [3.8, 4) is 11.5 Å². The first kappa shape index (κ1) is 19.2. The number of urea groups is 1. The molecule has 1 heterocycles. The minimum absolute atomic E-state index is 0.129. The second-order valence-electron chi connectivity index (χ2n) is 6.09. The van der Waals surface area contributed by atoms with Gasteiger partial charge in [0.25, 0.3) is 5.91 Å². The predicted molar refractivity (Wildman–Crippen MR) is 102 cm³/mol. The molecule has 0 aliphatic carbocycles. The van der Waals surface area contributed by atoms with Crippen LogP contribution in [0.2, 0.25) is 0 Å². The van der Waals surface area contributed by atoms with Crippen molar-refractivity contribution in [2.45, 2.75) is 12.5 Å². The zero-order valence-corrected chi connectivity index (χ0v) is 15.4. The molecular formula is C20H21N3O5. The lowest BCUT2D eigenvalue weighted by Gasteiger charge is -2.13. The van der Waals surface area contributed by atoms with Crippen LogP contribution in [-0.2, 0) is 9.59 Å². The Morgan fingerprint density at radius 1 is 1.07 bits per heavy atom. The number of amides is 4. The van der Waals surface area contributed by atoms with E-state index in [4.69, 9.17) is 9.47 Å². The molecule has 0 radical (unpaired) electrons. The summed E-state index contributed by atoms with van der Waals surface area (Å²) in [5.74, 6) is 0.605. The van der Waals surface area contributed by atoms with Gasteiger partial charge in [0, 0.05) is 0 Å². The molecule has 1 fully saturated rings. The molecule has 1 aliphatic heterocycles. The molecule has 2 aromatic rings. The minimum Gasteiger partial charge on any atom is -0.497 e. The van der Waals surface area contributed by atoms with Crippen LogP contribution in [0, 0.1) is 0 Å². The van der Waals surface area contributed by atoms with Crippen molar-refractivity contribution in [3.63, 3.8) is 0 Å². The second-order valence-corrected chi connectivity index (χ2v) is 6.09. The highest BCUT2D eigenvalue weighted by molar-refractivity contribution is 6.22. The number of methoxy groups -OCH3 is 1. The maximum Gasteiger partial charge on any atom is 0.329 e. The van der Waals surface area contributed by atoms with Crippen molar-refractivity contribution < 1.29 is 23.9 Å². The van der Waals surface area contributed by atoms with Crippen LogP contribution in [0.4, 0.5) is 10.5 Å². The molecule has 0 aromatic heterocycles. The lowest BCUT2D eigenvalue weighted by Crippen LogP contribution is -2.37. The Kier molecular flexibility index (Phi) is 6.11. The molecule has 146 valence electrons. The monoisotopic (exact) mass is 383 g/mol. The fourth-order valence-electron chi connectivity index (χ4n) is 2.78. The molecule has 28 heavy (non-hydrogen) atoms. The number of benzene rings is 2. The maximum absolute atomic E-state index is 12.4. The van der Waals surface area contributed by atoms with Crippen LogP contribution in [0.25, 0.3) is 0 Å². The molecule has 1 aliphatic rings. The Morgan fingerprint density at radius 3 is 2.43 bits per heavy atom. The van der Waals surface area contributed by atoms with Gasteiger partial charge >= 0.3 is 6.03 Å². The standard InChI is InChI=1S/C20H21N3O5/c1-27-15-7-9-16(10-8-15)28-12-11-21-18(24)13-17-19(25)23(20(26)22-17)14-5-3-2-4-6-14/h2-10,17H,11-13H2,1H3,(H,21,24)(H,22,26)/t17-/m1/s1. The summed E-state index contributed by atoms with van der Waals surface area (Å²) in [7, 11) is 1.59. The molecule has 8 heteroatoms. The van der Waals surface area contributed by atoms with Gasteiger partial charge in [-0.1, -0.05) is 18.2 Å². The van der Waals surface area contributed by atoms with Gasteiger partial charge in [0.2, 0.25) is 5.91 Å². The van der Waals surface area contributed by atoms with E-state index in [0.29, 0.717) is 11.4 Å². The molecule has 4 amide bonds. The van der Waals surface area contributed by atoms with Gasteiger partial charge in [0.05, 0.1) is 25.8 Å². The van der Waals surface area contributed by atoms with Crippen molar-refractivity contribution in [2.24, 2.45) is 0 Å². The number of imide groups is 1. The summed E-state index contributed by atoms with van der Waals surface area (Å²) in [5, 5.41) is 5.23. The molecule has 2 aromatic carbocycles. The Morgan fingerprint density at radius 2 is 1.75 bits per heavy atom. The SMILES string of the molecule is COc1ccc(OCCNC(=O)C[C@H]2NC(=O)N(c3ccccc3)C2=O)cc1. The Balaban J connectivity index is 1.43. The topological polar surface area (TPSA) is 97.0 Å². The average Bonchev–Trinajstić information content (AvgIpc) is 2.99. The van der Waals surface area contributed by atoms with Crippen LogP contribution in [0.5, 0.6) is 11.5 Å². The normalized spacial score (nSPS) is 15.9. The lowest BCUT2D eigenvalue weighted by molar-refractivity contribution is -0.125. The third-order valence-electron chi connectivity index (χ3n) is 4.18. The van der Waals surface area contributed by atoms with E-state index >= 15 is 0 Å². The van der Waals surface area contributed by atoms with E-state index in [1.807, 2.05) is 0 Å². The van der Waals surface area contributed by atoms with Crippen molar-refractivity contribution in [3.05, 3.63) is 54.6 Å². The van der Waals surface area contributed by atoms with Crippen molar-refractivity contribution in [1.29, 1.82) is 0 Å². The average molecular weight is 383 g/mol. The highest BCUT2D eigenvalue weighted by Crippen LogP contribution is 2.20. The first-order valence-corrected chi connectivity index (χ1v) is 8.81. The molecule has 0 spiro atoms. The van der Waals surface area contributed by atoms with Crippen LogP contribution < -0.4 is 25.0 Å². The van der Waals surface area contributed by atoms with Gasteiger partial charge in [0.15, 0.2) is 0 Å². The van der Waals surface area contributed by atoms with E-state index in [1.54, 1.807) is 61.7 Å². The fourth-order valence-corrected chi connectivity index (χ4v) is 2.78. The molecule has 2 N–H and O–H groups in total. The zero-order valence-electron chi connectivity index (χ0n) is 15.4. The third-order valence-corrected chi connectivity index (χ3v) is 4.18. The first-order valence-electron chi connectivity index (χ1n) is 8.81. The zero-order chi connectivity index (χ0) is 19.9. The van der Waals surface area contributed by atoms with E-state index in [0.717, 1.165) is 10.6 Å². The van der Waals surface area contributed by atoms with Crippen molar-refractivity contribution in [2.75, 3.05) is 25.2 Å². The van der Waals surface area contributed by atoms with Gasteiger partial charge in [-0.3, -0.25) is 9.59 Å². The Bertz CT molecular complexity index is 839. The van der Waals surface area contributed by atoms with Gasteiger partial charge < -0.3 is 20.1 Å². The number of carbonyl (C=O) groups is 3. The highest BCUT2D eigenvalue weighted by Gasteiger charge is 2.39. The Labute approximate surface area is 162 Å². The number of rotatable bonds is 8. The van der Waals surface area contributed by atoms with Gasteiger partial charge in [-0.2, -0.15) is 0 Å². The van der Waals surface area contributed by atoms with Crippen LogP contribution in [0.1, 0.15) is 6.42 Å². The summed E-state index contributed by atoms with van der Waals surface area (Å²) in [4.78, 5) is 37.7. The van der Waals surface area contributed by atoms with E-state index in [1.165, 1.54) is 0 Å². The van der Waals surface area contributed by atoms with Crippen LogP contribution in [0.15, 0.2) is 54.6 Å². The maximum atomic E-state index is 12.4. The van der Waals surface area contributed by atoms with Crippen LogP contribution in [0.3, 0.4) is 0 Å². The van der Waals surface area contributed by atoms with Gasteiger partial charge in [-0.15, -0.1) is 0 Å². The molecule has 1 saturated heterocycles. The number of ether oxygens (including phenoxy) is 2. The van der Waals surface area contributed by atoms with Gasteiger partial charge in [0.1, 0.15) is 24.1 Å². The number of hydrogen-bond donors (Lipinski definition) is 2. The predicted octanol–water partition coefficient (Wildman–Crippen LogP) is 1.71. The number of carbonyl (C=O) groups excluding carboxylic acids is 3. The van der Waals surface area contributed by atoms with Crippen LogP contribution >= 0.6 is 0 Å². The summed E-state index contributed by atoms with van der Waals surface area (Å²) in [6.45, 7) is 0.557. The molecule has 0 unspecified atom stereocenters. The number of nitrogens with one attached hydrogen (secondary N) is 2. The second kappa shape index (κ2) is 8.90. The smallest absolute Gasteiger partial charge is 0.329 e. The Hall–Kier alpha value is -3.55. The summed E-state index contributed by atoms with van der Waals surface area (Å²) >= 11 is 0. The number of hydrogen-bond acceptors (Lipinski definition) is 5. The third kappa shape index (κ3) is 4.59. The molecule has 3 rings (SSSR count). The van der Waals surface area contributed by atoms with Crippen LogP contribution in [-0.4, -0.2) is 44.1 Å². The van der Waals surface area contributed by atoms with E-state index in [-0.39, 0.29) is 25.5 Å². The first-order chi connectivity index (χ1) is 13.6. The van der Waals surface area contributed by atoms with E-state index < -0.39 is 18.0 Å². The summed E-state index contributed by atoms with van der Waals surface area (Å²) < 4.78 is 10.6. The fraction of sp³-hybridized carbons (Fsp3) is 0.250. The van der Waals surface area contributed by atoms with Gasteiger partial charge in [-0.05, 0) is 36.4 Å². The molecule has 8 nitrogen and oxygen atoms in total. The summed E-state index contributed by atoms with van der Waals surface area (Å²) in [5.41, 5.74) is 0.473. The van der Waals surface area contributed by atoms with Crippen molar-refractivity contribution in [1.82, 2.24) is 10.6 Å². The molecule has 1 atom stereocenters. The van der Waals surface area contributed by atoms with E-state index in [9.17, 15) is 14.4 Å². The van der Waals surface area contributed by atoms with Crippen molar-refractivity contribution >= 4 is 23.5 Å². The van der Waals surface area contributed by atoms with E-state index in [2.05, 4.69) is 10.6 Å². The lowest BCUT2D eigenvalue weighted by atomic mass is 10.2. The molecule has 0 bridgehead atoms. The molecular weight excluding hydrogens is 362 g/mol. The highest BCUT2D eigenvalue weighted by atomic mass is 16.5. The summed E-state index contributed by atoms with van der Waals surface area (Å²) in [6, 6.07) is 14.3. The number of nitrogens with zero attached hydrogens (tertiary/aromatic N) is 1. The number of para-hydroxylation sites is 1.